The van der Waals surface area contributed by atoms with Gasteiger partial charge in [0.25, 0.3) is 0 Å². The molecule has 0 saturated carbocycles. The molecular weight excluding hydrogens is 395 g/mol. The zero-order chi connectivity index (χ0) is 22.3. The van der Waals surface area contributed by atoms with E-state index >= 15 is 0 Å². The summed E-state index contributed by atoms with van der Waals surface area (Å²) in [5.41, 5.74) is 4.92. The molecule has 0 aliphatic rings. The minimum Gasteiger partial charge on any atom is -0.384 e. The Labute approximate surface area is 180 Å². The van der Waals surface area contributed by atoms with Crippen molar-refractivity contribution in [3.63, 3.8) is 0 Å². The van der Waals surface area contributed by atoms with Crippen molar-refractivity contribution < 1.29 is 9.50 Å². The summed E-state index contributed by atoms with van der Waals surface area (Å²) in [6.07, 6.45) is 2.00. The Morgan fingerprint density at radius 3 is 2.42 bits per heavy atom. The first-order chi connectivity index (χ1) is 14.6. The highest BCUT2D eigenvalue weighted by Crippen LogP contribution is 2.27. The van der Waals surface area contributed by atoms with E-state index in [1.807, 2.05) is 37.7 Å². The van der Waals surface area contributed by atoms with Crippen LogP contribution in [-0.2, 0) is 19.1 Å². The van der Waals surface area contributed by atoms with Crippen LogP contribution in [0.2, 0.25) is 0 Å². The Hall–Kier alpha value is -3.39. The predicted molar refractivity (Wildman–Crippen MR) is 115 cm³/mol. The molecule has 4 rings (SSSR count). The van der Waals surface area contributed by atoms with Gasteiger partial charge in [0.05, 0.1) is 28.5 Å². The van der Waals surface area contributed by atoms with Gasteiger partial charge in [-0.2, -0.15) is 10.2 Å². The summed E-state index contributed by atoms with van der Waals surface area (Å²) < 4.78 is 16.8. The third kappa shape index (κ3) is 4.11. The van der Waals surface area contributed by atoms with Crippen LogP contribution in [0.4, 0.5) is 4.39 Å². The van der Waals surface area contributed by atoms with Crippen LogP contribution in [0.5, 0.6) is 0 Å². The first-order valence-corrected chi connectivity index (χ1v) is 10.0. The van der Waals surface area contributed by atoms with E-state index in [1.165, 1.54) is 18.5 Å². The molecule has 0 atom stereocenters. The molecule has 0 fully saturated rings. The standard InChI is InChI=1S/C23H25FN6O/c1-14-10-20(23(3,4)31)30(27-14)21-12-18(25-13-26-21)11-19-15(2)22(29(5)28-19)16-6-8-17(24)9-7-16/h6-10,12-13,31H,11H2,1-5H3. The van der Waals surface area contributed by atoms with Crippen molar-refractivity contribution in [2.45, 2.75) is 39.7 Å². The van der Waals surface area contributed by atoms with Gasteiger partial charge >= 0.3 is 0 Å². The van der Waals surface area contributed by atoms with Crippen LogP contribution in [0.1, 0.15) is 42.2 Å². The number of rotatable bonds is 5. The number of nitrogens with zero attached hydrogens (tertiary/aromatic N) is 6. The maximum Gasteiger partial charge on any atom is 0.157 e. The molecule has 4 aromatic rings. The summed E-state index contributed by atoms with van der Waals surface area (Å²) in [6, 6.07) is 10.1. The molecule has 3 heterocycles. The second-order valence-corrected chi connectivity index (χ2v) is 8.24. The van der Waals surface area contributed by atoms with Gasteiger partial charge in [-0.05, 0) is 63.6 Å². The van der Waals surface area contributed by atoms with Crippen molar-refractivity contribution in [1.29, 1.82) is 0 Å². The lowest BCUT2D eigenvalue weighted by Gasteiger charge is -2.18. The normalized spacial score (nSPS) is 11.8. The summed E-state index contributed by atoms with van der Waals surface area (Å²) in [6.45, 7) is 7.32. The van der Waals surface area contributed by atoms with Gasteiger partial charge in [-0.1, -0.05) is 0 Å². The van der Waals surface area contributed by atoms with Gasteiger partial charge in [-0.3, -0.25) is 4.68 Å². The maximum absolute atomic E-state index is 13.3. The maximum atomic E-state index is 13.3. The second-order valence-electron chi connectivity index (χ2n) is 8.24. The van der Waals surface area contributed by atoms with Gasteiger partial charge in [-0.15, -0.1) is 0 Å². The van der Waals surface area contributed by atoms with E-state index in [4.69, 9.17) is 0 Å². The molecule has 1 N–H and O–H groups in total. The predicted octanol–water partition coefficient (Wildman–Crippen LogP) is 3.64. The molecule has 0 saturated heterocycles. The van der Waals surface area contributed by atoms with E-state index in [0.717, 1.165) is 33.9 Å². The number of aromatic nitrogens is 6. The number of benzene rings is 1. The highest BCUT2D eigenvalue weighted by atomic mass is 19.1. The van der Waals surface area contributed by atoms with Crippen molar-refractivity contribution in [3.8, 4) is 17.1 Å². The Bertz CT molecular complexity index is 1230. The van der Waals surface area contributed by atoms with Gasteiger partial charge < -0.3 is 5.11 Å². The minimum absolute atomic E-state index is 0.267. The van der Waals surface area contributed by atoms with E-state index in [9.17, 15) is 9.50 Å². The fraction of sp³-hybridized carbons (Fsp3) is 0.304. The average molecular weight is 420 g/mol. The van der Waals surface area contributed by atoms with Crippen molar-refractivity contribution >= 4 is 0 Å². The minimum atomic E-state index is -1.06. The topological polar surface area (TPSA) is 81.6 Å². The molecule has 0 spiro atoms. The number of aliphatic hydroxyl groups is 1. The van der Waals surface area contributed by atoms with E-state index < -0.39 is 5.60 Å². The van der Waals surface area contributed by atoms with Crippen LogP contribution >= 0.6 is 0 Å². The summed E-state index contributed by atoms with van der Waals surface area (Å²) in [7, 11) is 1.88. The first kappa shape index (κ1) is 20.9. The monoisotopic (exact) mass is 420 g/mol. The van der Waals surface area contributed by atoms with E-state index in [-0.39, 0.29) is 5.82 Å². The number of hydrogen-bond acceptors (Lipinski definition) is 5. The van der Waals surface area contributed by atoms with Gasteiger partial charge in [0.1, 0.15) is 17.7 Å². The third-order valence-corrected chi connectivity index (χ3v) is 5.23. The van der Waals surface area contributed by atoms with Crippen molar-refractivity contribution in [3.05, 3.63) is 76.9 Å². The van der Waals surface area contributed by atoms with Crippen LogP contribution in [0.3, 0.4) is 0 Å². The van der Waals surface area contributed by atoms with Gasteiger partial charge in [-0.25, -0.2) is 19.0 Å². The molecular formula is C23H25FN6O. The molecule has 8 heteroatoms. The lowest BCUT2D eigenvalue weighted by atomic mass is 10.0. The molecule has 0 unspecified atom stereocenters. The Kier molecular flexibility index (Phi) is 5.18. The fourth-order valence-electron chi connectivity index (χ4n) is 3.74. The second kappa shape index (κ2) is 7.70. The molecule has 1 aromatic carbocycles. The lowest BCUT2D eigenvalue weighted by Crippen LogP contribution is -2.21. The third-order valence-electron chi connectivity index (χ3n) is 5.23. The summed E-state index contributed by atoms with van der Waals surface area (Å²) in [4.78, 5) is 8.77. The summed E-state index contributed by atoms with van der Waals surface area (Å²) in [5, 5.41) is 19.7. The van der Waals surface area contributed by atoms with Gasteiger partial charge in [0.15, 0.2) is 5.82 Å². The fourth-order valence-corrected chi connectivity index (χ4v) is 3.74. The van der Waals surface area contributed by atoms with Crippen molar-refractivity contribution in [2.75, 3.05) is 0 Å². The Morgan fingerprint density at radius 1 is 1.03 bits per heavy atom. The molecule has 0 bridgehead atoms. The van der Waals surface area contributed by atoms with Crippen LogP contribution in [0, 0.1) is 19.7 Å². The van der Waals surface area contributed by atoms with E-state index in [1.54, 1.807) is 30.7 Å². The SMILES string of the molecule is Cc1cc(C(C)(C)O)n(-c2cc(Cc3nn(C)c(-c4ccc(F)cc4)c3C)ncn2)n1. The highest BCUT2D eigenvalue weighted by molar-refractivity contribution is 5.64. The quantitative estimate of drug-likeness (QED) is 0.533. The molecule has 7 nitrogen and oxygen atoms in total. The lowest BCUT2D eigenvalue weighted by molar-refractivity contribution is 0.0710. The zero-order valence-corrected chi connectivity index (χ0v) is 18.3. The molecule has 0 aliphatic carbocycles. The number of aryl methyl sites for hydroxylation is 2. The van der Waals surface area contributed by atoms with Gasteiger partial charge in [0.2, 0.25) is 0 Å². The Morgan fingerprint density at radius 2 is 1.74 bits per heavy atom. The summed E-state index contributed by atoms with van der Waals surface area (Å²) >= 11 is 0. The highest BCUT2D eigenvalue weighted by Gasteiger charge is 2.24. The molecule has 160 valence electrons. The molecule has 31 heavy (non-hydrogen) atoms. The van der Waals surface area contributed by atoms with Crippen LogP contribution in [0.25, 0.3) is 17.1 Å². The van der Waals surface area contributed by atoms with Crippen molar-refractivity contribution in [1.82, 2.24) is 29.5 Å². The smallest absolute Gasteiger partial charge is 0.157 e. The first-order valence-electron chi connectivity index (χ1n) is 10.0. The molecule has 3 aromatic heterocycles. The largest absolute Gasteiger partial charge is 0.384 e. The zero-order valence-electron chi connectivity index (χ0n) is 18.3. The molecule has 0 radical (unpaired) electrons. The van der Waals surface area contributed by atoms with E-state index in [2.05, 4.69) is 20.2 Å². The number of hydrogen-bond donors (Lipinski definition) is 1. The van der Waals surface area contributed by atoms with Gasteiger partial charge in [0, 0.05) is 25.1 Å². The van der Waals surface area contributed by atoms with E-state index in [0.29, 0.717) is 17.9 Å². The number of halogens is 1. The van der Waals surface area contributed by atoms with Crippen LogP contribution < -0.4 is 0 Å². The molecule has 0 amide bonds. The van der Waals surface area contributed by atoms with Crippen molar-refractivity contribution in [2.24, 2.45) is 7.05 Å². The average Bonchev–Trinajstić information content (AvgIpc) is 3.23. The van der Waals surface area contributed by atoms with Crippen LogP contribution in [0.15, 0.2) is 42.7 Å². The molecule has 0 aliphatic heterocycles. The van der Waals surface area contributed by atoms with Crippen LogP contribution in [-0.4, -0.2) is 34.6 Å². The summed E-state index contributed by atoms with van der Waals surface area (Å²) in [5.74, 6) is 0.319. The Balaban J connectivity index is 1.68.